The normalized spacial score (nSPS) is 11.7. The summed E-state index contributed by atoms with van der Waals surface area (Å²) in [5.41, 5.74) is 6.83. The maximum Gasteiger partial charge on any atom is 0.134 e. The van der Waals surface area contributed by atoms with Crippen LogP contribution in [0.2, 0.25) is 0 Å². The van der Waals surface area contributed by atoms with Gasteiger partial charge in [0.25, 0.3) is 0 Å². The Labute approximate surface area is 100 Å². The van der Waals surface area contributed by atoms with Crippen molar-refractivity contribution in [3.8, 4) is 0 Å². The maximum atomic E-state index is 5.88. The van der Waals surface area contributed by atoms with Crippen LogP contribution in [-0.4, -0.2) is 27.1 Å². The molecule has 0 unspecified atom stereocenters. The molecule has 2 N–H and O–H groups in total. The number of benzene rings is 1. The number of aromatic nitrogens is 3. The molecule has 0 fully saturated rings. The van der Waals surface area contributed by atoms with Crippen LogP contribution in [0.5, 0.6) is 0 Å². The average Bonchev–Trinajstić information content (AvgIpc) is 2.76. The van der Waals surface area contributed by atoms with Crippen LogP contribution in [0.3, 0.4) is 0 Å². The second-order valence-electron chi connectivity index (χ2n) is 3.74. The molecule has 0 aliphatic heterocycles. The Kier molecular flexibility index (Phi) is 3.49. The molecule has 5 heteroatoms. The van der Waals surface area contributed by atoms with Crippen LogP contribution in [-0.2, 0) is 13.5 Å². The highest BCUT2D eigenvalue weighted by Crippen LogP contribution is 1.99. The molecule has 1 aromatic carbocycles. The van der Waals surface area contributed by atoms with Crippen LogP contribution in [0.15, 0.2) is 41.7 Å². The zero-order chi connectivity index (χ0) is 12.1. The molecule has 0 radical (unpaired) electrons. The summed E-state index contributed by atoms with van der Waals surface area (Å²) in [5, 5.41) is 7.80. The van der Waals surface area contributed by atoms with Crippen molar-refractivity contribution in [3.63, 3.8) is 0 Å². The third kappa shape index (κ3) is 2.90. The van der Waals surface area contributed by atoms with Gasteiger partial charge in [-0.15, -0.1) is 10.2 Å². The van der Waals surface area contributed by atoms with Gasteiger partial charge in [0.05, 0.1) is 0 Å². The van der Waals surface area contributed by atoms with Crippen molar-refractivity contribution in [2.24, 2.45) is 17.8 Å². The zero-order valence-corrected chi connectivity index (χ0v) is 9.74. The van der Waals surface area contributed by atoms with Gasteiger partial charge in [-0.25, -0.2) is 0 Å². The summed E-state index contributed by atoms with van der Waals surface area (Å²) in [6.45, 7) is 0.618. The van der Waals surface area contributed by atoms with Gasteiger partial charge in [0.1, 0.15) is 18.0 Å². The van der Waals surface area contributed by atoms with Gasteiger partial charge in [0.15, 0.2) is 0 Å². The number of hydrogen-bond donors (Lipinski definition) is 1. The summed E-state index contributed by atoms with van der Waals surface area (Å²) in [7, 11) is 1.92. The van der Waals surface area contributed by atoms with Gasteiger partial charge in [0, 0.05) is 25.6 Å². The van der Waals surface area contributed by atoms with E-state index in [1.165, 1.54) is 0 Å². The summed E-state index contributed by atoms with van der Waals surface area (Å²) in [5.74, 6) is 1.47. The highest BCUT2D eigenvalue weighted by atomic mass is 15.2. The van der Waals surface area contributed by atoms with Crippen LogP contribution >= 0.6 is 0 Å². The fourth-order valence-electron chi connectivity index (χ4n) is 1.51. The molecular formula is C12H15N5. The molecule has 2 rings (SSSR count). The Hall–Kier alpha value is -2.17. The number of hydrogen-bond acceptors (Lipinski definition) is 3. The maximum absolute atomic E-state index is 5.88. The van der Waals surface area contributed by atoms with Crippen LogP contribution in [0, 0.1) is 0 Å². The fraction of sp³-hybridized carbons (Fsp3) is 0.250. The summed E-state index contributed by atoms with van der Waals surface area (Å²) in [6, 6.07) is 9.74. The summed E-state index contributed by atoms with van der Waals surface area (Å²) >= 11 is 0. The molecule has 0 saturated heterocycles. The van der Waals surface area contributed by atoms with E-state index >= 15 is 0 Å². The summed E-state index contributed by atoms with van der Waals surface area (Å²) in [4.78, 5) is 4.32. The Morgan fingerprint density at radius 3 is 2.76 bits per heavy atom. The fourth-order valence-corrected chi connectivity index (χ4v) is 1.51. The van der Waals surface area contributed by atoms with E-state index < -0.39 is 0 Å². The quantitative estimate of drug-likeness (QED) is 0.621. The highest BCUT2D eigenvalue weighted by molar-refractivity contribution is 5.97. The Balaban J connectivity index is 1.95. The van der Waals surface area contributed by atoms with Gasteiger partial charge < -0.3 is 10.3 Å². The van der Waals surface area contributed by atoms with E-state index in [1.807, 2.05) is 41.9 Å². The lowest BCUT2D eigenvalue weighted by Crippen LogP contribution is -2.14. The van der Waals surface area contributed by atoms with Crippen molar-refractivity contribution in [2.75, 3.05) is 6.54 Å². The van der Waals surface area contributed by atoms with Gasteiger partial charge in [-0.2, -0.15) is 0 Å². The molecule has 1 heterocycles. The topological polar surface area (TPSA) is 69.1 Å². The zero-order valence-electron chi connectivity index (χ0n) is 9.74. The number of nitrogens with two attached hydrogens (primary N) is 1. The first-order valence-electron chi connectivity index (χ1n) is 5.45. The molecule has 0 bridgehead atoms. The van der Waals surface area contributed by atoms with Crippen LogP contribution in [0.4, 0.5) is 0 Å². The molecule has 5 nitrogen and oxygen atoms in total. The van der Waals surface area contributed by atoms with Gasteiger partial charge >= 0.3 is 0 Å². The molecule has 2 aromatic rings. The molecule has 0 aliphatic carbocycles. The molecule has 0 atom stereocenters. The SMILES string of the molecule is Cn1cnnc1CCN=C(N)c1ccccc1. The van der Waals surface area contributed by atoms with Gasteiger partial charge in [-0.1, -0.05) is 30.3 Å². The average molecular weight is 229 g/mol. The smallest absolute Gasteiger partial charge is 0.134 e. The van der Waals surface area contributed by atoms with E-state index in [1.54, 1.807) is 6.33 Å². The lowest BCUT2D eigenvalue weighted by molar-refractivity contribution is 0.776. The van der Waals surface area contributed by atoms with Gasteiger partial charge in [0.2, 0.25) is 0 Å². The third-order valence-corrected chi connectivity index (χ3v) is 2.49. The lowest BCUT2D eigenvalue weighted by atomic mass is 10.2. The predicted molar refractivity (Wildman–Crippen MR) is 66.7 cm³/mol. The van der Waals surface area contributed by atoms with Crippen LogP contribution in [0.25, 0.3) is 0 Å². The number of aliphatic imine (C=N–C) groups is 1. The van der Waals surface area contributed by atoms with E-state index in [9.17, 15) is 0 Å². The van der Waals surface area contributed by atoms with Gasteiger partial charge in [-0.3, -0.25) is 4.99 Å². The second kappa shape index (κ2) is 5.25. The number of rotatable bonds is 4. The van der Waals surface area contributed by atoms with Crippen LogP contribution < -0.4 is 5.73 Å². The minimum atomic E-state index is 0.563. The molecule has 17 heavy (non-hydrogen) atoms. The largest absolute Gasteiger partial charge is 0.384 e. The predicted octanol–water partition coefficient (Wildman–Crippen LogP) is 0.763. The molecule has 88 valence electrons. The van der Waals surface area contributed by atoms with E-state index in [2.05, 4.69) is 15.2 Å². The molecule has 0 amide bonds. The lowest BCUT2D eigenvalue weighted by Gasteiger charge is -2.01. The first-order chi connectivity index (χ1) is 8.27. The van der Waals surface area contributed by atoms with Crippen LogP contribution in [0.1, 0.15) is 11.4 Å². The van der Waals surface area contributed by atoms with Crippen molar-refractivity contribution < 1.29 is 0 Å². The standard InChI is InChI=1S/C12H15N5/c1-17-9-15-16-11(17)7-8-14-12(13)10-5-3-2-4-6-10/h2-6,9H,7-8H2,1H3,(H2,13,14). The number of amidine groups is 1. The number of nitrogens with zero attached hydrogens (tertiary/aromatic N) is 4. The van der Waals surface area contributed by atoms with E-state index in [-0.39, 0.29) is 0 Å². The third-order valence-electron chi connectivity index (χ3n) is 2.49. The van der Waals surface area contributed by atoms with Crippen molar-refractivity contribution in [1.29, 1.82) is 0 Å². The van der Waals surface area contributed by atoms with Gasteiger partial charge in [-0.05, 0) is 0 Å². The highest BCUT2D eigenvalue weighted by Gasteiger charge is 2.00. The Bertz CT molecular complexity index is 501. The van der Waals surface area contributed by atoms with Crippen molar-refractivity contribution in [3.05, 3.63) is 48.0 Å². The van der Waals surface area contributed by atoms with Crippen molar-refractivity contribution in [1.82, 2.24) is 14.8 Å². The Morgan fingerprint density at radius 1 is 1.35 bits per heavy atom. The summed E-state index contributed by atoms with van der Waals surface area (Å²) in [6.07, 6.45) is 2.42. The van der Waals surface area contributed by atoms with Crippen molar-refractivity contribution in [2.45, 2.75) is 6.42 Å². The first kappa shape index (κ1) is 11.3. The monoisotopic (exact) mass is 229 g/mol. The Morgan fingerprint density at radius 2 is 2.12 bits per heavy atom. The molecule has 0 saturated carbocycles. The minimum absolute atomic E-state index is 0.563. The molecule has 0 spiro atoms. The molecular weight excluding hydrogens is 214 g/mol. The minimum Gasteiger partial charge on any atom is -0.384 e. The molecule has 1 aromatic heterocycles. The van der Waals surface area contributed by atoms with Crippen molar-refractivity contribution >= 4 is 5.84 Å². The summed E-state index contributed by atoms with van der Waals surface area (Å²) < 4.78 is 1.88. The van der Waals surface area contributed by atoms with E-state index in [4.69, 9.17) is 5.73 Å². The first-order valence-corrected chi connectivity index (χ1v) is 5.45. The second-order valence-corrected chi connectivity index (χ2v) is 3.74. The number of aryl methyl sites for hydroxylation is 1. The van der Waals surface area contributed by atoms with E-state index in [0.717, 1.165) is 17.8 Å². The molecule has 0 aliphatic rings. The van der Waals surface area contributed by atoms with E-state index in [0.29, 0.717) is 12.4 Å².